The fourth-order valence-corrected chi connectivity index (χ4v) is 2.68. The summed E-state index contributed by atoms with van der Waals surface area (Å²) in [7, 11) is 1.81. The molecule has 1 amide bonds. The first kappa shape index (κ1) is 13.4. The molecule has 1 aromatic rings. The predicted octanol–water partition coefficient (Wildman–Crippen LogP) is 3.39. The van der Waals surface area contributed by atoms with Crippen LogP contribution >= 0.6 is 15.9 Å². The molecule has 18 heavy (non-hydrogen) atoms. The van der Waals surface area contributed by atoms with Gasteiger partial charge in [0.1, 0.15) is 5.75 Å². The summed E-state index contributed by atoms with van der Waals surface area (Å²) in [5.74, 6) is 1.04. The number of hydrogen-bond acceptors (Lipinski definition) is 2. The summed E-state index contributed by atoms with van der Waals surface area (Å²) in [4.78, 5) is 13.9. The standard InChI is InChI=1S/C14H18BrNO2/c1-5-9-6-10(15)7-11-13(9)18-12(8(2)3)14(17)16(11)4/h6-8,12H,5H2,1-4H3. The minimum atomic E-state index is -0.381. The minimum absolute atomic E-state index is 0.0256. The third-order valence-electron chi connectivity index (χ3n) is 3.28. The number of aryl methyl sites for hydroxylation is 1. The third kappa shape index (κ3) is 2.14. The molecule has 0 fully saturated rings. The van der Waals surface area contributed by atoms with E-state index in [2.05, 4.69) is 28.9 Å². The maximum Gasteiger partial charge on any atom is 0.268 e. The second-order valence-electron chi connectivity index (χ2n) is 4.95. The first-order valence-electron chi connectivity index (χ1n) is 6.22. The van der Waals surface area contributed by atoms with E-state index < -0.39 is 0 Å². The van der Waals surface area contributed by atoms with Crippen molar-refractivity contribution < 1.29 is 9.53 Å². The van der Waals surface area contributed by atoms with Gasteiger partial charge in [0.05, 0.1) is 5.69 Å². The average Bonchev–Trinajstić information content (AvgIpc) is 2.32. The van der Waals surface area contributed by atoms with Crippen LogP contribution in [0.1, 0.15) is 26.3 Å². The van der Waals surface area contributed by atoms with Gasteiger partial charge in [-0.1, -0.05) is 36.7 Å². The zero-order valence-corrected chi connectivity index (χ0v) is 12.7. The van der Waals surface area contributed by atoms with E-state index in [4.69, 9.17) is 4.74 Å². The van der Waals surface area contributed by atoms with Gasteiger partial charge in [0, 0.05) is 11.5 Å². The number of halogens is 1. The molecule has 0 aliphatic carbocycles. The lowest BCUT2D eigenvalue weighted by Crippen LogP contribution is -2.46. The van der Waals surface area contributed by atoms with Gasteiger partial charge >= 0.3 is 0 Å². The normalized spacial score (nSPS) is 18.9. The zero-order valence-electron chi connectivity index (χ0n) is 11.2. The van der Waals surface area contributed by atoms with Crippen molar-refractivity contribution in [3.63, 3.8) is 0 Å². The van der Waals surface area contributed by atoms with Gasteiger partial charge in [0.2, 0.25) is 0 Å². The van der Waals surface area contributed by atoms with Gasteiger partial charge in [-0.05, 0) is 30.0 Å². The first-order chi connectivity index (χ1) is 8.45. The molecule has 0 N–H and O–H groups in total. The van der Waals surface area contributed by atoms with Crippen LogP contribution in [0.15, 0.2) is 16.6 Å². The van der Waals surface area contributed by atoms with Crippen LogP contribution in [-0.2, 0) is 11.2 Å². The smallest absolute Gasteiger partial charge is 0.268 e. The molecule has 1 heterocycles. The number of carbonyl (C=O) groups is 1. The lowest BCUT2D eigenvalue weighted by Gasteiger charge is -2.35. The topological polar surface area (TPSA) is 29.5 Å². The summed E-state index contributed by atoms with van der Waals surface area (Å²) in [5.41, 5.74) is 1.98. The lowest BCUT2D eigenvalue weighted by molar-refractivity contribution is -0.127. The molecule has 1 unspecified atom stereocenters. The molecule has 4 heteroatoms. The number of likely N-dealkylation sites (N-methyl/N-ethyl adjacent to an activating group) is 1. The molecular weight excluding hydrogens is 294 g/mol. The van der Waals surface area contributed by atoms with E-state index in [9.17, 15) is 4.79 Å². The highest BCUT2D eigenvalue weighted by Crippen LogP contribution is 2.40. The quantitative estimate of drug-likeness (QED) is 0.838. The molecule has 1 aliphatic heterocycles. The fraction of sp³-hybridized carbons (Fsp3) is 0.500. The fourth-order valence-electron chi connectivity index (χ4n) is 2.19. The Morgan fingerprint density at radius 1 is 1.44 bits per heavy atom. The Bertz CT molecular complexity index is 485. The summed E-state index contributed by atoms with van der Waals surface area (Å²) in [6, 6.07) is 3.99. The number of benzene rings is 1. The summed E-state index contributed by atoms with van der Waals surface area (Å²) in [5, 5.41) is 0. The van der Waals surface area contributed by atoms with Gasteiger partial charge in [-0.3, -0.25) is 4.79 Å². The highest BCUT2D eigenvalue weighted by Gasteiger charge is 2.35. The van der Waals surface area contributed by atoms with Gasteiger partial charge in [0.25, 0.3) is 5.91 Å². The van der Waals surface area contributed by atoms with Crippen molar-refractivity contribution in [1.82, 2.24) is 0 Å². The summed E-state index contributed by atoms with van der Waals surface area (Å²) in [6.45, 7) is 6.10. The molecule has 0 radical (unpaired) electrons. The maximum absolute atomic E-state index is 12.2. The highest BCUT2D eigenvalue weighted by molar-refractivity contribution is 9.10. The summed E-state index contributed by atoms with van der Waals surface area (Å²) < 4.78 is 6.92. The van der Waals surface area contributed by atoms with Gasteiger partial charge in [0.15, 0.2) is 6.10 Å². The Labute approximate surface area is 116 Å². The Hall–Kier alpha value is -1.03. The van der Waals surface area contributed by atoms with Crippen LogP contribution < -0.4 is 9.64 Å². The predicted molar refractivity (Wildman–Crippen MR) is 76.2 cm³/mol. The van der Waals surface area contributed by atoms with Crippen molar-refractivity contribution in [3.05, 3.63) is 22.2 Å². The molecule has 0 aromatic heterocycles. The average molecular weight is 312 g/mol. The number of ether oxygens (including phenoxy) is 1. The van der Waals surface area contributed by atoms with E-state index in [1.165, 1.54) is 0 Å². The number of amides is 1. The summed E-state index contributed by atoms with van der Waals surface area (Å²) in [6.07, 6.45) is 0.503. The lowest BCUT2D eigenvalue weighted by atomic mass is 10.0. The second-order valence-corrected chi connectivity index (χ2v) is 5.86. The molecule has 0 spiro atoms. The number of carbonyl (C=O) groups excluding carboxylic acids is 1. The number of rotatable bonds is 2. The molecule has 3 nitrogen and oxygen atoms in total. The van der Waals surface area contributed by atoms with Crippen LogP contribution in [0.5, 0.6) is 5.75 Å². The van der Waals surface area contributed by atoms with E-state index in [1.807, 2.05) is 27.0 Å². The van der Waals surface area contributed by atoms with Crippen LogP contribution in [0.2, 0.25) is 0 Å². The minimum Gasteiger partial charge on any atom is -0.478 e. The van der Waals surface area contributed by atoms with Gasteiger partial charge in [-0.2, -0.15) is 0 Å². The van der Waals surface area contributed by atoms with Crippen LogP contribution in [0, 0.1) is 5.92 Å². The van der Waals surface area contributed by atoms with Gasteiger partial charge in [-0.15, -0.1) is 0 Å². The molecular formula is C14H18BrNO2. The molecule has 2 rings (SSSR count). The number of fused-ring (bicyclic) bond motifs is 1. The van der Waals surface area contributed by atoms with E-state index in [1.54, 1.807) is 4.90 Å². The monoisotopic (exact) mass is 311 g/mol. The molecule has 1 aliphatic rings. The van der Waals surface area contributed by atoms with Crippen LogP contribution in [-0.4, -0.2) is 19.1 Å². The van der Waals surface area contributed by atoms with Crippen molar-refractivity contribution in [2.75, 3.05) is 11.9 Å². The number of anilines is 1. The van der Waals surface area contributed by atoms with E-state index in [-0.39, 0.29) is 17.9 Å². The molecule has 0 saturated carbocycles. The van der Waals surface area contributed by atoms with E-state index in [0.29, 0.717) is 0 Å². The maximum atomic E-state index is 12.2. The molecule has 0 saturated heterocycles. The van der Waals surface area contributed by atoms with Gasteiger partial charge in [-0.25, -0.2) is 0 Å². The zero-order chi connectivity index (χ0) is 13.4. The number of hydrogen-bond donors (Lipinski definition) is 0. The Balaban J connectivity index is 2.54. The molecule has 98 valence electrons. The van der Waals surface area contributed by atoms with E-state index >= 15 is 0 Å². The van der Waals surface area contributed by atoms with Crippen molar-refractivity contribution in [1.29, 1.82) is 0 Å². The van der Waals surface area contributed by atoms with Crippen molar-refractivity contribution in [2.24, 2.45) is 5.92 Å². The van der Waals surface area contributed by atoms with E-state index in [0.717, 1.165) is 27.9 Å². The van der Waals surface area contributed by atoms with Crippen LogP contribution in [0.3, 0.4) is 0 Å². The Morgan fingerprint density at radius 3 is 2.67 bits per heavy atom. The summed E-state index contributed by atoms with van der Waals surface area (Å²) >= 11 is 3.48. The van der Waals surface area contributed by atoms with Gasteiger partial charge < -0.3 is 9.64 Å². The van der Waals surface area contributed by atoms with Crippen LogP contribution in [0.4, 0.5) is 5.69 Å². The highest BCUT2D eigenvalue weighted by atomic mass is 79.9. The largest absolute Gasteiger partial charge is 0.478 e. The van der Waals surface area contributed by atoms with Crippen molar-refractivity contribution >= 4 is 27.5 Å². The Kier molecular flexibility index (Phi) is 3.66. The molecule has 1 atom stereocenters. The third-order valence-corrected chi connectivity index (χ3v) is 3.74. The SMILES string of the molecule is CCc1cc(Br)cc2c1OC(C(C)C)C(=O)N2C. The number of nitrogens with zero attached hydrogens (tertiary/aromatic N) is 1. The molecule has 1 aromatic carbocycles. The Morgan fingerprint density at radius 2 is 2.11 bits per heavy atom. The van der Waals surface area contributed by atoms with Crippen LogP contribution in [0.25, 0.3) is 0 Å². The molecule has 0 bridgehead atoms. The van der Waals surface area contributed by atoms with Crippen molar-refractivity contribution in [2.45, 2.75) is 33.3 Å². The second kappa shape index (κ2) is 4.92. The first-order valence-corrected chi connectivity index (χ1v) is 7.01. The van der Waals surface area contributed by atoms with Crippen molar-refractivity contribution in [3.8, 4) is 5.75 Å².